The molecule has 2 saturated heterocycles. The lowest BCUT2D eigenvalue weighted by Gasteiger charge is -2.26. The minimum atomic E-state index is -0.852. The number of anilines is 1. The van der Waals surface area contributed by atoms with Crippen LogP contribution in [-0.2, 0) is 26.3 Å². The maximum atomic E-state index is 15.3. The number of ether oxygens (including phenoxy) is 3. The van der Waals surface area contributed by atoms with Crippen LogP contribution >= 0.6 is 0 Å². The number of fused-ring (bicyclic) bond motifs is 1. The number of nitrogens with zero attached hydrogens (tertiary/aromatic N) is 5. The molecule has 13 heteroatoms. The van der Waals surface area contributed by atoms with Crippen molar-refractivity contribution in [2.75, 3.05) is 24.7 Å². The van der Waals surface area contributed by atoms with Gasteiger partial charge in [0.2, 0.25) is 0 Å². The van der Waals surface area contributed by atoms with Crippen LogP contribution in [0.5, 0.6) is 0 Å². The molecule has 3 aliphatic rings. The van der Waals surface area contributed by atoms with Gasteiger partial charge in [-0.2, -0.15) is 0 Å². The van der Waals surface area contributed by atoms with Crippen LogP contribution in [0.1, 0.15) is 26.5 Å². The number of amides is 2. The molecule has 0 radical (unpaired) electrons. The van der Waals surface area contributed by atoms with E-state index in [9.17, 15) is 9.59 Å². The van der Waals surface area contributed by atoms with Gasteiger partial charge in [0, 0.05) is 29.8 Å². The second-order valence-corrected chi connectivity index (χ2v) is 11.2. The van der Waals surface area contributed by atoms with Crippen LogP contribution in [0.15, 0.2) is 42.9 Å². The summed E-state index contributed by atoms with van der Waals surface area (Å²) in [5, 5.41) is 10.5. The Morgan fingerprint density at radius 1 is 1.20 bits per heavy atom. The number of cyclic esters (lactones) is 1. The lowest BCUT2D eigenvalue weighted by atomic mass is 10.0. The maximum absolute atomic E-state index is 15.3. The second-order valence-electron chi connectivity index (χ2n) is 11.2. The molecule has 0 bridgehead atoms. The van der Waals surface area contributed by atoms with Gasteiger partial charge in [-0.3, -0.25) is 9.88 Å². The van der Waals surface area contributed by atoms with E-state index >= 15 is 8.78 Å². The number of carbonyl (C=O) groups is 2. The molecule has 6 rings (SSSR count). The first-order valence-electron chi connectivity index (χ1n) is 12.9. The predicted molar refractivity (Wildman–Crippen MR) is 136 cm³/mol. The van der Waals surface area contributed by atoms with Crippen molar-refractivity contribution < 1.29 is 32.6 Å². The molecular weight excluding hydrogens is 526 g/mol. The Labute approximate surface area is 228 Å². The van der Waals surface area contributed by atoms with Crippen LogP contribution in [0.2, 0.25) is 0 Å². The Balaban J connectivity index is 1.21. The fourth-order valence-electron chi connectivity index (χ4n) is 5.60. The molecule has 2 aliphatic heterocycles. The molecule has 3 atom stereocenters. The van der Waals surface area contributed by atoms with E-state index in [1.807, 2.05) is 0 Å². The monoisotopic (exact) mass is 554 g/mol. The average molecular weight is 555 g/mol. The van der Waals surface area contributed by atoms with Crippen LogP contribution in [-0.4, -0.2) is 63.6 Å². The second kappa shape index (κ2) is 9.51. The fourth-order valence-corrected chi connectivity index (χ4v) is 5.60. The summed E-state index contributed by atoms with van der Waals surface area (Å²) in [6.45, 7) is 6.64. The van der Waals surface area contributed by atoms with E-state index in [-0.39, 0.29) is 41.7 Å². The summed E-state index contributed by atoms with van der Waals surface area (Å²) in [4.78, 5) is 30.7. The number of nitrogens with one attached hydrogen (secondary N) is 1. The first-order valence-corrected chi connectivity index (χ1v) is 12.9. The van der Waals surface area contributed by atoms with Crippen molar-refractivity contribution in [2.45, 2.75) is 44.6 Å². The van der Waals surface area contributed by atoms with Gasteiger partial charge in [-0.25, -0.2) is 23.1 Å². The number of alkyl carbamates (subject to hydrolysis) is 1. The number of hydrogen-bond acceptors (Lipinski definition) is 8. The Bertz CT molecular complexity index is 1410. The minimum absolute atomic E-state index is 0.0275. The summed E-state index contributed by atoms with van der Waals surface area (Å²) in [5.41, 5.74) is -0.889. The highest BCUT2D eigenvalue weighted by Crippen LogP contribution is 2.60. The van der Waals surface area contributed by atoms with Gasteiger partial charge in [0.25, 0.3) is 0 Å². The SMILES string of the molecule is CC(C)(C)OC(=O)NC1(c2ccc(-c3c(F)cc(N4C[C@H](Cn5ccnn5)OC4=O)cc3F)cn2)C2COCC21. The van der Waals surface area contributed by atoms with E-state index in [1.54, 1.807) is 39.1 Å². The van der Waals surface area contributed by atoms with Crippen molar-refractivity contribution in [3.05, 3.63) is 60.2 Å². The fraction of sp³-hybridized carbons (Fsp3) is 0.444. The number of hydrogen-bond donors (Lipinski definition) is 1. The van der Waals surface area contributed by atoms with Gasteiger partial charge in [0.15, 0.2) is 0 Å². The topological polar surface area (TPSA) is 121 Å². The van der Waals surface area contributed by atoms with Gasteiger partial charge < -0.3 is 19.5 Å². The molecule has 11 nitrogen and oxygen atoms in total. The smallest absolute Gasteiger partial charge is 0.414 e. The van der Waals surface area contributed by atoms with E-state index < -0.39 is 41.1 Å². The largest absolute Gasteiger partial charge is 0.444 e. The molecule has 3 fully saturated rings. The van der Waals surface area contributed by atoms with Crippen LogP contribution < -0.4 is 10.2 Å². The van der Waals surface area contributed by atoms with Crippen LogP contribution in [0, 0.1) is 23.5 Å². The molecule has 1 aromatic carbocycles. The van der Waals surface area contributed by atoms with Gasteiger partial charge >= 0.3 is 12.2 Å². The van der Waals surface area contributed by atoms with E-state index in [4.69, 9.17) is 14.2 Å². The van der Waals surface area contributed by atoms with Crippen molar-refractivity contribution in [3.63, 3.8) is 0 Å². The summed E-state index contributed by atoms with van der Waals surface area (Å²) in [5.74, 6) is -1.65. The summed E-state index contributed by atoms with van der Waals surface area (Å²) < 4.78 is 48.4. The molecule has 210 valence electrons. The van der Waals surface area contributed by atoms with Gasteiger partial charge in [-0.1, -0.05) is 11.3 Å². The van der Waals surface area contributed by atoms with Crippen molar-refractivity contribution in [1.82, 2.24) is 25.3 Å². The molecule has 2 amide bonds. The highest BCUT2D eigenvalue weighted by Gasteiger charge is 2.70. The van der Waals surface area contributed by atoms with E-state index in [0.29, 0.717) is 18.9 Å². The molecule has 1 N–H and O–H groups in total. The van der Waals surface area contributed by atoms with Crippen LogP contribution in [0.3, 0.4) is 0 Å². The number of benzene rings is 1. The number of pyridine rings is 1. The van der Waals surface area contributed by atoms with Crippen LogP contribution in [0.25, 0.3) is 11.1 Å². The lowest BCUT2D eigenvalue weighted by molar-refractivity contribution is 0.0447. The average Bonchev–Trinajstić information content (AvgIpc) is 3.41. The third kappa shape index (κ3) is 4.63. The first-order chi connectivity index (χ1) is 19.0. The standard InChI is InChI=1S/C27H28F2N6O5/c1-26(2,3)40-24(36)32-27(18-13-38-14-19(18)27)22-5-4-15(10-30-22)23-20(28)8-16(9-21(23)29)35-12-17(39-25(35)37)11-34-7-6-31-33-34/h4-10,17-19H,11-14H2,1-3H3,(H,32,36)/t17-,18?,19?,27?/m0/s1. The molecule has 3 aromatic rings. The number of aromatic nitrogens is 4. The van der Waals surface area contributed by atoms with Gasteiger partial charge in [0.1, 0.15) is 23.3 Å². The van der Waals surface area contributed by atoms with Crippen molar-refractivity contribution in [2.24, 2.45) is 11.8 Å². The van der Waals surface area contributed by atoms with Gasteiger partial charge in [0.05, 0.1) is 55.0 Å². The Kier molecular flexibility index (Phi) is 6.21. The lowest BCUT2D eigenvalue weighted by Crippen LogP contribution is -2.43. The van der Waals surface area contributed by atoms with Gasteiger partial charge in [-0.15, -0.1) is 5.10 Å². The zero-order valence-electron chi connectivity index (χ0n) is 22.1. The first kappa shape index (κ1) is 26.1. The maximum Gasteiger partial charge on any atom is 0.414 e. The van der Waals surface area contributed by atoms with E-state index in [0.717, 1.165) is 12.1 Å². The third-order valence-electron chi connectivity index (χ3n) is 7.40. The summed E-state index contributed by atoms with van der Waals surface area (Å²) in [6.07, 6.45) is 2.69. The number of halogens is 2. The Morgan fingerprint density at radius 2 is 1.93 bits per heavy atom. The molecule has 0 spiro atoms. The van der Waals surface area contributed by atoms with E-state index in [2.05, 4.69) is 20.6 Å². The summed E-state index contributed by atoms with van der Waals surface area (Å²) >= 11 is 0. The highest BCUT2D eigenvalue weighted by atomic mass is 19.1. The Morgan fingerprint density at radius 3 is 2.52 bits per heavy atom. The molecule has 1 aliphatic carbocycles. The molecule has 2 aromatic heterocycles. The molecule has 4 heterocycles. The van der Waals surface area contributed by atoms with Crippen molar-refractivity contribution in [3.8, 4) is 11.1 Å². The van der Waals surface area contributed by atoms with Crippen molar-refractivity contribution >= 4 is 17.9 Å². The zero-order valence-corrected chi connectivity index (χ0v) is 22.1. The normalized spacial score (nSPS) is 25.5. The number of rotatable bonds is 6. The number of carbonyl (C=O) groups excluding carboxylic acids is 2. The van der Waals surface area contributed by atoms with Crippen molar-refractivity contribution in [1.29, 1.82) is 0 Å². The highest BCUT2D eigenvalue weighted by molar-refractivity contribution is 5.90. The minimum Gasteiger partial charge on any atom is -0.444 e. The summed E-state index contributed by atoms with van der Waals surface area (Å²) in [7, 11) is 0. The van der Waals surface area contributed by atoms with E-state index in [1.165, 1.54) is 22.0 Å². The molecule has 2 unspecified atom stereocenters. The summed E-state index contributed by atoms with van der Waals surface area (Å²) in [6, 6.07) is 5.42. The van der Waals surface area contributed by atoms with Crippen LogP contribution in [0.4, 0.5) is 24.1 Å². The van der Waals surface area contributed by atoms with Gasteiger partial charge in [-0.05, 0) is 39.0 Å². The Hall–Kier alpha value is -4.13. The zero-order chi connectivity index (χ0) is 28.2. The molecule has 1 saturated carbocycles. The predicted octanol–water partition coefficient (Wildman–Crippen LogP) is 3.64. The molecule has 40 heavy (non-hydrogen) atoms. The molecular formula is C27H28F2N6O5. The quantitative estimate of drug-likeness (QED) is 0.491. The third-order valence-corrected chi connectivity index (χ3v) is 7.40.